The SMILES string of the molecule is CCCCCCCCOc1ccc(C2CN(CCCP(=O)(O)O)CCO2)cc1. The molecule has 2 N–H and O–H groups in total. The van der Waals surface area contributed by atoms with Crippen LogP contribution >= 0.6 is 7.60 Å². The molecule has 0 spiro atoms. The number of nitrogens with zero attached hydrogens (tertiary/aromatic N) is 1. The Kier molecular flexibility index (Phi) is 10.5. The summed E-state index contributed by atoms with van der Waals surface area (Å²) in [6, 6.07) is 8.12. The van der Waals surface area contributed by atoms with Gasteiger partial charge in [-0.25, -0.2) is 0 Å². The Balaban J connectivity index is 1.69. The summed E-state index contributed by atoms with van der Waals surface area (Å²) >= 11 is 0. The number of hydrogen-bond donors (Lipinski definition) is 2. The average Bonchev–Trinajstić information content (AvgIpc) is 2.67. The minimum atomic E-state index is -3.90. The second-order valence-corrected chi connectivity index (χ2v) is 9.36. The van der Waals surface area contributed by atoms with Crippen molar-refractivity contribution in [2.75, 3.05) is 39.0 Å². The molecule has 1 aromatic rings. The largest absolute Gasteiger partial charge is 0.494 e. The van der Waals surface area contributed by atoms with Crippen LogP contribution in [0.3, 0.4) is 0 Å². The van der Waals surface area contributed by atoms with Crippen LogP contribution in [0, 0.1) is 0 Å². The van der Waals surface area contributed by atoms with Crippen LogP contribution in [0.15, 0.2) is 24.3 Å². The van der Waals surface area contributed by atoms with Crippen LogP contribution in [0.2, 0.25) is 0 Å². The summed E-state index contributed by atoms with van der Waals surface area (Å²) in [6.45, 7) is 5.87. The molecule has 1 aromatic carbocycles. The Hall–Kier alpha value is -0.910. The van der Waals surface area contributed by atoms with E-state index < -0.39 is 7.60 Å². The molecular weight excluding hydrogens is 377 g/mol. The summed E-state index contributed by atoms with van der Waals surface area (Å²) in [5.74, 6) is 0.895. The normalized spacial score (nSPS) is 18.3. The Morgan fingerprint density at radius 2 is 1.82 bits per heavy atom. The number of hydrogen-bond acceptors (Lipinski definition) is 4. The van der Waals surface area contributed by atoms with Gasteiger partial charge in [-0.3, -0.25) is 9.46 Å². The number of ether oxygens (including phenoxy) is 2. The first-order valence-electron chi connectivity index (χ1n) is 10.6. The van der Waals surface area contributed by atoms with Gasteiger partial charge in [-0.2, -0.15) is 0 Å². The third kappa shape index (κ3) is 9.53. The molecule has 0 radical (unpaired) electrons. The van der Waals surface area contributed by atoms with Crippen LogP contribution in [0.1, 0.15) is 63.5 Å². The van der Waals surface area contributed by atoms with Crippen LogP contribution < -0.4 is 4.74 Å². The van der Waals surface area contributed by atoms with E-state index in [0.29, 0.717) is 19.6 Å². The zero-order chi connectivity index (χ0) is 20.2. The summed E-state index contributed by atoms with van der Waals surface area (Å²) in [5.41, 5.74) is 1.12. The maximum Gasteiger partial charge on any atom is 0.325 e. The van der Waals surface area contributed by atoms with Gasteiger partial charge in [0, 0.05) is 13.1 Å². The summed E-state index contributed by atoms with van der Waals surface area (Å²) in [7, 11) is -3.90. The highest BCUT2D eigenvalue weighted by Crippen LogP contribution is 2.35. The average molecular weight is 413 g/mol. The molecule has 1 atom stereocenters. The molecule has 1 aliphatic heterocycles. The standard InChI is InChI=1S/C21H36NO5P/c1-2-3-4-5-6-7-15-26-20-11-9-19(10-12-20)21-18-22(14-16-27-21)13-8-17-28(23,24)25/h9-12,21H,2-8,13-18H2,1H3,(H2,23,24,25). The number of rotatable bonds is 13. The van der Waals surface area contributed by atoms with Gasteiger partial charge in [0.2, 0.25) is 0 Å². The smallest absolute Gasteiger partial charge is 0.325 e. The lowest BCUT2D eigenvalue weighted by atomic mass is 10.1. The molecule has 1 heterocycles. The molecule has 160 valence electrons. The summed E-state index contributed by atoms with van der Waals surface area (Å²) < 4.78 is 22.7. The van der Waals surface area contributed by atoms with Gasteiger partial charge in [0.1, 0.15) is 5.75 Å². The van der Waals surface area contributed by atoms with E-state index in [9.17, 15) is 4.57 Å². The highest BCUT2D eigenvalue weighted by molar-refractivity contribution is 7.51. The lowest BCUT2D eigenvalue weighted by Crippen LogP contribution is -2.39. The Bertz CT molecular complexity index is 589. The fourth-order valence-electron chi connectivity index (χ4n) is 3.46. The predicted molar refractivity (Wildman–Crippen MR) is 112 cm³/mol. The lowest BCUT2D eigenvalue weighted by molar-refractivity contribution is -0.0298. The van der Waals surface area contributed by atoms with Crippen molar-refractivity contribution in [3.8, 4) is 5.75 Å². The Morgan fingerprint density at radius 1 is 1.11 bits per heavy atom. The molecule has 1 fully saturated rings. The van der Waals surface area contributed by atoms with Crippen molar-refractivity contribution in [1.82, 2.24) is 4.90 Å². The fourth-order valence-corrected chi connectivity index (χ4v) is 4.01. The van der Waals surface area contributed by atoms with Crippen molar-refractivity contribution in [2.24, 2.45) is 0 Å². The highest BCUT2D eigenvalue weighted by atomic mass is 31.2. The molecule has 7 heteroatoms. The molecule has 1 aliphatic rings. The van der Waals surface area contributed by atoms with Gasteiger partial charge >= 0.3 is 7.60 Å². The minimum Gasteiger partial charge on any atom is -0.494 e. The van der Waals surface area contributed by atoms with E-state index in [1.54, 1.807) is 0 Å². The lowest BCUT2D eigenvalue weighted by Gasteiger charge is -2.33. The Morgan fingerprint density at radius 3 is 2.54 bits per heavy atom. The third-order valence-electron chi connectivity index (χ3n) is 5.09. The van der Waals surface area contributed by atoms with E-state index in [1.807, 2.05) is 12.1 Å². The second-order valence-electron chi connectivity index (χ2n) is 7.59. The first-order valence-corrected chi connectivity index (χ1v) is 12.4. The summed E-state index contributed by atoms with van der Waals surface area (Å²) in [4.78, 5) is 20.2. The van der Waals surface area contributed by atoms with Gasteiger partial charge in [-0.15, -0.1) is 0 Å². The molecule has 1 unspecified atom stereocenters. The molecular formula is C21H36NO5P. The van der Waals surface area contributed by atoms with Gasteiger partial charge in [0.15, 0.2) is 0 Å². The first-order chi connectivity index (χ1) is 13.5. The molecule has 2 rings (SSSR count). The molecule has 6 nitrogen and oxygen atoms in total. The van der Waals surface area contributed by atoms with Gasteiger partial charge in [0.05, 0.1) is 25.5 Å². The maximum absolute atomic E-state index is 11.0. The van der Waals surface area contributed by atoms with Gasteiger partial charge in [0.25, 0.3) is 0 Å². The summed E-state index contributed by atoms with van der Waals surface area (Å²) in [6.07, 6.45) is 7.99. The zero-order valence-corrected chi connectivity index (χ0v) is 18.0. The van der Waals surface area contributed by atoms with Crippen LogP contribution in [0.25, 0.3) is 0 Å². The van der Waals surface area contributed by atoms with Crippen LogP contribution in [0.4, 0.5) is 0 Å². The maximum atomic E-state index is 11.0. The van der Waals surface area contributed by atoms with E-state index in [0.717, 1.165) is 37.4 Å². The van der Waals surface area contributed by atoms with Crippen LogP contribution in [0.5, 0.6) is 5.75 Å². The van der Waals surface area contributed by atoms with E-state index in [2.05, 4.69) is 24.0 Å². The number of unbranched alkanes of at least 4 members (excludes halogenated alkanes) is 5. The Labute approximate surface area is 169 Å². The molecule has 0 aliphatic carbocycles. The van der Waals surface area contributed by atoms with Gasteiger partial charge in [-0.1, -0.05) is 51.2 Å². The molecule has 0 saturated carbocycles. The van der Waals surface area contributed by atoms with Crippen molar-refractivity contribution in [2.45, 2.75) is 58.0 Å². The van der Waals surface area contributed by atoms with E-state index >= 15 is 0 Å². The molecule has 28 heavy (non-hydrogen) atoms. The van der Waals surface area contributed by atoms with Crippen molar-refractivity contribution in [3.05, 3.63) is 29.8 Å². The molecule has 0 bridgehead atoms. The molecule has 0 amide bonds. The minimum absolute atomic E-state index is 0.00331. The van der Waals surface area contributed by atoms with E-state index in [1.165, 1.54) is 32.1 Å². The molecule has 0 aromatic heterocycles. The number of morpholine rings is 1. The van der Waals surface area contributed by atoms with E-state index in [-0.39, 0.29) is 12.3 Å². The molecule has 1 saturated heterocycles. The van der Waals surface area contributed by atoms with Gasteiger partial charge in [-0.05, 0) is 37.1 Å². The van der Waals surface area contributed by atoms with Crippen molar-refractivity contribution in [1.29, 1.82) is 0 Å². The summed E-state index contributed by atoms with van der Waals surface area (Å²) in [5, 5.41) is 0. The zero-order valence-electron chi connectivity index (χ0n) is 17.1. The third-order valence-corrected chi connectivity index (χ3v) is 5.99. The van der Waals surface area contributed by atoms with Crippen molar-refractivity contribution in [3.63, 3.8) is 0 Å². The van der Waals surface area contributed by atoms with Crippen molar-refractivity contribution < 1.29 is 23.8 Å². The van der Waals surface area contributed by atoms with Crippen molar-refractivity contribution >= 4 is 7.60 Å². The first kappa shape index (κ1) is 23.4. The quantitative estimate of drug-likeness (QED) is 0.369. The monoisotopic (exact) mass is 413 g/mol. The van der Waals surface area contributed by atoms with Crippen LogP contribution in [-0.2, 0) is 9.30 Å². The topological polar surface area (TPSA) is 79.2 Å². The second kappa shape index (κ2) is 12.6. The van der Waals surface area contributed by atoms with E-state index in [4.69, 9.17) is 19.3 Å². The number of benzene rings is 1. The highest BCUT2D eigenvalue weighted by Gasteiger charge is 2.22. The fraction of sp³-hybridized carbons (Fsp3) is 0.714. The predicted octanol–water partition coefficient (Wildman–Crippen LogP) is 4.37. The van der Waals surface area contributed by atoms with Crippen LogP contribution in [-0.4, -0.2) is 53.7 Å². The van der Waals surface area contributed by atoms with Gasteiger partial charge < -0.3 is 19.3 Å².